The van der Waals surface area contributed by atoms with Crippen molar-refractivity contribution in [1.82, 2.24) is 9.80 Å². The molecule has 4 rings (SSSR count). The van der Waals surface area contributed by atoms with Crippen molar-refractivity contribution in [3.05, 3.63) is 65.2 Å². The Balaban J connectivity index is 1.36. The number of hydrogen-bond acceptors (Lipinski definition) is 5. The van der Waals surface area contributed by atoms with Crippen molar-refractivity contribution >= 4 is 11.8 Å². The molecular formula is C26H29F3N2O2S. The maximum atomic E-state index is 12.9. The van der Waals surface area contributed by atoms with Gasteiger partial charge in [0.25, 0.3) is 0 Å². The Bertz CT molecular complexity index is 1000. The van der Waals surface area contributed by atoms with Crippen LogP contribution < -0.4 is 4.74 Å². The number of hydrogen-bond donors (Lipinski definition) is 0. The number of fused-ring (bicyclic) bond motifs is 1. The van der Waals surface area contributed by atoms with Gasteiger partial charge in [0.15, 0.2) is 0 Å². The Labute approximate surface area is 203 Å². The highest BCUT2D eigenvalue weighted by Gasteiger charge is 2.46. The van der Waals surface area contributed by atoms with Crippen molar-refractivity contribution in [3.63, 3.8) is 0 Å². The average Bonchev–Trinajstić information content (AvgIpc) is 3.60. The highest BCUT2D eigenvalue weighted by molar-refractivity contribution is 8.07. The summed E-state index contributed by atoms with van der Waals surface area (Å²) in [7, 11) is 3.96. The highest BCUT2D eigenvalue weighted by Crippen LogP contribution is 2.46. The van der Waals surface area contributed by atoms with E-state index in [1.165, 1.54) is 12.1 Å². The molecule has 0 radical (unpaired) electrons. The Hall–Kier alpha value is -2.18. The van der Waals surface area contributed by atoms with E-state index in [-0.39, 0.29) is 6.10 Å². The second-order valence-electron chi connectivity index (χ2n) is 8.70. The fraction of sp³-hybridized carbons (Fsp3) is 0.462. The second kappa shape index (κ2) is 11.0. The Kier molecular flexibility index (Phi) is 8.10. The van der Waals surface area contributed by atoms with E-state index in [1.54, 1.807) is 0 Å². The summed E-state index contributed by atoms with van der Waals surface area (Å²) in [5.41, 5.74) is 1.58. The third-order valence-corrected chi connectivity index (χ3v) is 6.96. The molecule has 182 valence electrons. The van der Waals surface area contributed by atoms with E-state index >= 15 is 0 Å². The number of nitrogens with zero attached hydrogens (tertiary/aromatic N) is 2. The Morgan fingerprint density at radius 1 is 1.15 bits per heavy atom. The third-order valence-electron chi connectivity index (χ3n) is 5.79. The van der Waals surface area contributed by atoms with Crippen LogP contribution in [0.2, 0.25) is 0 Å². The molecule has 0 bridgehead atoms. The van der Waals surface area contributed by atoms with Gasteiger partial charge in [0.1, 0.15) is 17.3 Å². The summed E-state index contributed by atoms with van der Waals surface area (Å²) in [5, 5.41) is 0.513. The minimum atomic E-state index is -4.36. The number of thioether (sulfide) groups is 1. The van der Waals surface area contributed by atoms with Gasteiger partial charge in [-0.05, 0) is 56.1 Å². The van der Waals surface area contributed by atoms with Crippen molar-refractivity contribution < 1.29 is 22.6 Å². The molecule has 0 saturated carbocycles. The van der Waals surface area contributed by atoms with Crippen LogP contribution in [0.15, 0.2) is 48.5 Å². The smallest absolute Gasteiger partial charge is 0.416 e. The molecule has 2 fully saturated rings. The van der Waals surface area contributed by atoms with Crippen LogP contribution in [0.5, 0.6) is 5.75 Å². The number of ether oxygens (including phenoxy) is 2. The minimum Gasteiger partial charge on any atom is -0.486 e. The molecule has 8 heteroatoms. The van der Waals surface area contributed by atoms with Crippen LogP contribution in [-0.4, -0.2) is 60.9 Å². The van der Waals surface area contributed by atoms with Gasteiger partial charge in [0.2, 0.25) is 0 Å². The van der Waals surface area contributed by atoms with Gasteiger partial charge in [-0.2, -0.15) is 13.2 Å². The predicted molar refractivity (Wildman–Crippen MR) is 129 cm³/mol. The first-order valence-corrected chi connectivity index (χ1v) is 12.3. The summed E-state index contributed by atoms with van der Waals surface area (Å²) in [5.74, 6) is 6.91. The van der Waals surface area contributed by atoms with Gasteiger partial charge in [0, 0.05) is 38.0 Å². The Morgan fingerprint density at radius 2 is 1.88 bits per heavy atom. The molecule has 0 aromatic heterocycles. The number of benzene rings is 2. The van der Waals surface area contributed by atoms with Crippen LogP contribution in [0.4, 0.5) is 13.2 Å². The monoisotopic (exact) mass is 490 g/mol. The van der Waals surface area contributed by atoms with Crippen LogP contribution in [-0.2, 0) is 10.9 Å². The van der Waals surface area contributed by atoms with E-state index in [2.05, 4.69) is 21.6 Å². The molecule has 34 heavy (non-hydrogen) atoms. The molecule has 2 saturated heterocycles. The molecule has 0 N–H and O–H groups in total. The second-order valence-corrected chi connectivity index (χ2v) is 9.92. The maximum absolute atomic E-state index is 12.9. The quantitative estimate of drug-likeness (QED) is 0.372. The number of halogens is 3. The van der Waals surface area contributed by atoms with Crippen molar-refractivity contribution in [1.29, 1.82) is 0 Å². The lowest BCUT2D eigenvalue weighted by Crippen LogP contribution is -2.37. The molecule has 3 unspecified atom stereocenters. The Morgan fingerprint density at radius 3 is 2.56 bits per heavy atom. The molecule has 2 aromatic rings. The minimum absolute atomic E-state index is 0.272. The number of morpholine rings is 1. The standard InChI is InChI=1S/C26H29F3N2O2S/c1-30(2)16-14-23(33-22-12-10-21(11-13-22)26(27,28)29)20-8-6-19(7-9-20)5-3-4-15-31-17-18-32-25-24(31)34-25/h6-13,23-25H,4,14-18H2,1-2H3. The van der Waals surface area contributed by atoms with E-state index in [0.717, 1.165) is 55.9 Å². The fourth-order valence-corrected chi connectivity index (χ4v) is 4.82. The third kappa shape index (κ3) is 6.92. The molecule has 2 aliphatic heterocycles. The molecule has 0 aliphatic carbocycles. The van der Waals surface area contributed by atoms with E-state index in [0.29, 0.717) is 23.0 Å². The molecule has 3 atom stereocenters. The first-order chi connectivity index (χ1) is 16.3. The van der Waals surface area contributed by atoms with Crippen molar-refractivity contribution in [2.75, 3.05) is 40.3 Å². The summed E-state index contributed by atoms with van der Waals surface area (Å²) in [4.78, 5) is 4.49. The average molecular weight is 491 g/mol. The molecule has 2 aromatic carbocycles. The predicted octanol–water partition coefficient (Wildman–Crippen LogP) is 5.25. The lowest BCUT2D eigenvalue weighted by atomic mass is 10.0. The van der Waals surface area contributed by atoms with Crippen molar-refractivity contribution in [2.45, 2.75) is 35.9 Å². The van der Waals surface area contributed by atoms with Gasteiger partial charge in [-0.15, -0.1) is 11.8 Å². The fourth-order valence-electron chi connectivity index (χ4n) is 3.83. The largest absolute Gasteiger partial charge is 0.486 e. The van der Waals surface area contributed by atoms with Crippen LogP contribution in [0.1, 0.15) is 35.6 Å². The summed E-state index contributed by atoms with van der Waals surface area (Å²) in [6.45, 7) is 3.51. The number of rotatable bonds is 8. The van der Waals surface area contributed by atoms with Crippen molar-refractivity contribution in [3.8, 4) is 17.6 Å². The zero-order chi connectivity index (χ0) is 24.1. The maximum Gasteiger partial charge on any atom is 0.416 e. The number of alkyl halides is 3. The summed E-state index contributed by atoms with van der Waals surface area (Å²) >= 11 is 1.86. The summed E-state index contributed by atoms with van der Waals surface area (Å²) in [6, 6.07) is 12.8. The molecule has 2 heterocycles. The van der Waals surface area contributed by atoms with Gasteiger partial charge in [-0.25, -0.2) is 0 Å². The van der Waals surface area contributed by atoms with Gasteiger partial charge >= 0.3 is 6.18 Å². The first kappa shape index (κ1) is 24.9. The topological polar surface area (TPSA) is 24.9 Å². The van der Waals surface area contributed by atoms with Gasteiger partial charge in [0.05, 0.1) is 17.5 Å². The zero-order valence-corrected chi connectivity index (χ0v) is 20.2. The molecule has 2 aliphatic rings. The van der Waals surface area contributed by atoms with Crippen LogP contribution >= 0.6 is 11.8 Å². The van der Waals surface area contributed by atoms with Crippen molar-refractivity contribution in [2.24, 2.45) is 0 Å². The lowest BCUT2D eigenvalue weighted by molar-refractivity contribution is -0.137. The van der Waals surface area contributed by atoms with Gasteiger partial charge in [-0.3, -0.25) is 4.90 Å². The molecule has 0 spiro atoms. The zero-order valence-electron chi connectivity index (χ0n) is 19.3. The van der Waals surface area contributed by atoms with Crippen LogP contribution in [0, 0.1) is 11.8 Å². The normalized spacial score (nSPS) is 20.9. The van der Waals surface area contributed by atoms with E-state index in [9.17, 15) is 13.2 Å². The summed E-state index contributed by atoms with van der Waals surface area (Å²) in [6.07, 6.45) is -3.11. The van der Waals surface area contributed by atoms with E-state index < -0.39 is 11.7 Å². The van der Waals surface area contributed by atoms with Gasteiger partial charge in [-0.1, -0.05) is 24.0 Å². The lowest BCUT2D eigenvalue weighted by Gasteiger charge is -2.23. The molecule has 4 nitrogen and oxygen atoms in total. The highest BCUT2D eigenvalue weighted by atomic mass is 32.2. The molecular weight excluding hydrogens is 461 g/mol. The molecule has 0 amide bonds. The first-order valence-electron chi connectivity index (χ1n) is 11.4. The van der Waals surface area contributed by atoms with Crippen LogP contribution in [0.25, 0.3) is 0 Å². The van der Waals surface area contributed by atoms with E-state index in [1.807, 2.05) is 50.1 Å². The van der Waals surface area contributed by atoms with Gasteiger partial charge < -0.3 is 14.4 Å². The summed E-state index contributed by atoms with van der Waals surface area (Å²) < 4.78 is 50.3. The van der Waals surface area contributed by atoms with Crippen LogP contribution in [0.3, 0.4) is 0 Å². The van der Waals surface area contributed by atoms with E-state index in [4.69, 9.17) is 9.47 Å². The SMILES string of the molecule is CN(C)CCC(Oc1ccc(C(F)(F)F)cc1)c1ccc(C#CCCN2CCOC3SC32)cc1.